The smallest absolute Gasteiger partial charge is 0.252 e. The van der Waals surface area contributed by atoms with Crippen LogP contribution >= 0.6 is 23.7 Å². The summed E-state index contributed by atoms with van der Waals surface area (Å²) < 4.78 is 0. The Hall–Kier alpha value is -0.580. The number of thiophene rings is 1. The predicted octanol–water partition coefficient (Wildman–Crippen LogP) is 4.09. The SMILES string of the molecule is CC1(C)CC(NC(=O)c2csc3c2CCCC3)CC(C)(C)N1.Cl. The van der Waals surface area contributed by atoms with Crippen LogP contribution in [0.25, 0.3) is 0 Å². The molecular weight excluding hydrogens is 328 g/mol. The van der Waals surface area contributed by atoms with E-state index in [9.17, 15) is 4.79 Å². The molecule has 1 saturated heterocycles. The van der Waals surface area contributed by atoms with Gasteiger partial charge in [0.05, 0.1) is 5.56 Å². The number of aryl methyl sites for hydroxylation is 1. The van der Waals surface area contributed by atoms with Crippen molar-refractivity contribution in [1.29, 1.82) is 0 Å². The molecule has 1 aliphatic carbocycles. The lowest BCUT2D eigenvalue weighted by Gasteiger charge is -2.46. The van der Waals surface area contributed by atoms with E-state index < -0.39 is 0 Å². The molecule has 0 radical (unpaired) electrons. The second kappa shape index (κ2) is 6.73. The van der Waals surface area contributed by atoms with E-state index >= 15 is 0 Å². The van der Waals surface area contributed by atoms with Crippen LogP contribution in [0.1, 0.15) is 74.2 Å². The standard InChI is InChI=1S/C18H28N2OS.ClH/c1-17(2)9-12(10-18(3,4)20-17)19-16(21)14-11-22-15-8-6-5-7-13(14)15;/h11-12,20H,5-10H2,1-4H3,(H,19,21);1H. The predicted molar refractivity (Wildman–Crippen MR) is 100.0 cm³/mol. The lowest BCUT2D eigenvalue weighted by atomic mass is 9.79. The quantitative estimate of drug-likeness (QED) is 0.838. The third kappa shape index (κ3) is 4.28. The lowest BCUT2D eigenvalue weighted by Crippen LogP contribution is -2.62. The number of hydrogen-bond acceptors (Lipinski definition) is 3. The minimum absolute atomic E-state index is 0. The highest BCUT2D eigenvalue weighted by molar-refractivity contribution is 7.10. The number of hydrogen-bond donors (Lipinski definition) is 2. The molecule has 0 atom stereocenters. The van der Waals surface area contributed by atoms with Crippen LogP contribution in [-0.4, -0.2) is 23.0 Å². The van der Waals surface area contributed by atoms with E-state index in [1.165, 1.54) is 23.3 Å². The van der Waals surface area contributed by atoms with Gasteiger partial charge in [0.25, 0.3) is 5.91 Å². The second-order valence-corrected chi connectivity index (χ2v) is 9.19. The molecule has 2 heterocycles. The fraction of sp³-hybridized carbons (Fsp3) is 0.722. The summed E-state index contributed by atoms with van der Waals surface area (Å²) >= 11 is 1.77. The van der Waals surface area contributed by atoms with Crippen molar-refractivity contribution in [2.24, 2.45) is 0 Å². The Morgan fingerprint density at radius 2 is 1.78 bits per heavy atom. The number of amides is 1. The Bertz CT molecular complexity index is 564. The van der Waals surface area contributed by atoms with Gasteiger partial charge < -0.3 is 10.6 Å². The van der Waals surface area contributed by atoms with E-state index in [1.807, 2.05) is 0 Å². The molecule has 2 N–H and O–H groups in total. The van der Waals surface area contributed by atoms with Crippen molar-refractivity contribution in [2.75, 3.05) is 0 Å². The van der Waals surface area contributed by atoms with Crippen LogP contribution in [0.15, 0.2) is 5.38 Å². The number of carbonyl (C=O) groups excluding carboxylic acids is 1. The number of rotatable bonds is 2. The van der Waals surface area contributed by atoms with Gasteiger partial charge in [0.1, 0.15) is 0 Å². The van der Waals surface area contributed by atoms with E-state index in [-0.39, 0.29) is 35.4 Å². The minimum atomic E-state index is 0. The van der Waals surface area contributed by atoms with E-state index in [0.29, 0.717) is 0 Å². The maximum Gasteiger partial charge on any atom is 0.252 e. The normalized spacial score (nSPS) is 22.8. The first-order chi connectivity index (χ1) is 10.3. The second-order valence-electron chi connectivity index (χ2n) is 8.23. The summed E-state index contributed by atoms with van der Waals surface area (Å²) in [5.74, 6) is 0.137. The van der Waals surface area contributed by atoms with E-state index in [4.69, 9.17) is 0 Å². The first-order valence-electron chi connectivity index (χ1n) is 8.45. The highest BCUT2D eigenvalue weighted by Crippen LogP contribution is 2.32. The summed E-state index contributed by atoms with van der Waals surface area (Å²) in [5.41, 5.74) is 2.39. The number of nitrogens with one attached hydrogen (secondary N) is 2. The Kier molecular flexibility index (Phi) is 5.49. The van der Waals surface area contributed by atoms with Gasteiger partial charge in [-0.05, 0) is 71.8 Å². The van der Waals surface area contributed by atoms with Crippen LogP contribution in [0.2, 0.25) is 0 Å². The monoisotopic (exact) mass is 356 g/mol. The molecular formula is C18H29ClN2OS. The highest BCUT2D eigenvalue weighted by Gasteiger charge is 2.38. The molecule has 3 rings (SSSR count). The minimum Gasteiger partial charge on any atom is -0.349 e. The molecule has 1 fully saturated rings. The first-order valence-corrected chi connectivity index (χ1v) is 9.33. The Morgan fingerprint density at radius 1 is 1.17 bits per heavy atom. The third-order valence-corrected chi connectivity index (χ3v) is 5.92. The van der Waals surface area contributed by atoms with Crippen molar-refractivity contribution in [3.05, 3.63) is 21.4 Å². The van der Waals surface area contributed by atoms with Gasteiger partial charge in [-0.2, -0.15) is 0 Å². The number of fused-ring (bicyclic) bond motifs is 1. The summed E-state index contributed by atoms with van der Waals surface area (Å²) in [4.78, 5) is 14.2. The molecule has 1 aliphatic heterocycles. The largest absolute Gasteiger partial charge is 0.349 e. The zero-order chi connectivity index (χ0) is 16.0. The van der Waals surface area contributed by atoms with Gasteiger partial charge in [-0.25, -0.2) is 0 Å². The third-order valence-electron chi connectivity index (χ3n) is 4.83. The van der Waals surface area contributed by atoms with Crippen molar-refractivity contribution in [3.8, 4) is 0 Å². The zero-order valence-electron chi connectivity index (χ0n) is 14.6. The summed E-state index contributed by atoms with van der Waals surface area (Å²) in [6, 6.07) is 0.248. The maximum atomic E-state index is 12.7. The van der Waals surface area contributed by atoms with Gasteiger partial charge in [-0.3, -0.25) is 4.79 Å². The molecule has 2 aliphatic rings. The summed E-state index contributed by atoms with van der Waals surface area (Å²) in [6.45, 7) is 8.89. The zero-order valence-corrected chi connectivity index (χ0v) is 16.3. The van der Waals surface area contributed by atoms with E-state index in [2.05, 4.69) is 43.7 Å². The van der Waals surface area contributed by atoms with Crippen molar-refractivity contribution in [1.82, 2.24) is 10.6 Å². The number of carbonyl (C=O) groups is 1. The number of halogens is 1. The molecule has 0 aromatic carbocycles. The fourth-order valence-corrected chi connectivity index (χ4v) is 5.50. The molecule has 1 amide bonds. The molecule has 0 saturated carbocycles. The van der Waals surface area contributed by atoms with Crippen LogP contribution in [-0.2, 0) is 12.8 Å². The molecule has 130 valence electrons. The molecule has 0 bridgehead atoms. The summed E-state index contributed by atoms with van der Waals surface area (Å²) in [7, 11) is 0. The van der Waals surface area contributed by atoms with Crippen LogP contribution < -0.4 is 10.6 Å². The maximum absolute atomic E-state index is 12.7. The van der Waals surface area contributed by atoms with Crippen molar-refractivity contribution in [3.63, 3.8) is 0 Å². The molecule has 0 unspecified atom stereocenters. The van der Waals surface area contributed by atoms with Gasteiger partial charge in [-0.1, -0.05) is 0 Å². The van der Waals surface area contributed by atoms with Gasteiger partial charge in [0, 0.05) is 27.4 Å². The molecule has 1 aromatic heterocycles. The van der Waals surface area contributed by atoms with Gasteiger partial charge in [0.2, 0.25) is 0 Å². The fourth-order valence-electron chi connectivity index (χ4n) is 4.37. The van der Waals surface area contributed by atoms with Crippen LogP contribution in [0.5, 0.6) is 0 Å². The van der Waals surface area contributed by atoms with Gasteiger partial charge >= 0.3 is 0 Å². The van der Waals surface area contributed by atoms with Crippen LogP contribution in [0.3, 0.4) is 0 Å². The van der Waals surface area contributed by atoms with E-state index in [1.54, 1.807) is 11.3 Å². The van der Waals surface area contributed by atoms with Crippen molar-refractivity contribution in [2.45, 2.75) is 83.3 Å². The Balaban J connectivity index is 0.00000192. The van der Waals surface area contributed by atoms with Crippen LogP contribution in [0.4, 0.5) is 0 Å². The molecule has 23 heavy (non-hydrogen) atoms. The molecule has 3 nitrogen and oxygen atoms in total. The lowest BCUT2D eigenvalue weighted by molar-refractivity contribution is 0.0872. The first kappa shape index (κ1) is 18.8. The van der Waals surface area contributed by atoms with E-state index in [0.717, 1.165) is 31.2 Å². The van der Waals surface area contributed by atoms with Gasteiger partial charge in [0.15, 0.2) is 0 Å². The van der Waals surface area contributed by atoms with Crippen molar-refractivity contribution >= 4 is 29.7 Å². The molecule has 0 spiro atoms. The average Bonchev–Trinajstić information content (AvgIpc) is 2.78. The number of piperidine rings is 1. The molecule has 1 aromatic rings. The average molecular weight is 357 g/mol. The van der Waals surface area contributed by atoms with Crippen molar-refractivity contribution < 1.29 is 4.79 Å². The molecule has 5 heteroatoms. The Morgan fingerprint density at radius 3 is 2.43 bits per heavy atom. The topological polar surface area (TPSA) is 41.1 Å². The summed E-state index contributed by atoms with van der Waals surface area (Å²) in [5, 5.41) is 9.05. The Labute approximate surface area is 150 Å². The van der Waals surface area contributed by atoms with Gasteiger partial charge in [-0.15, -0.1) is 23.7 Å². The highest BCUT2D eigenvalue weighted by atomic mass is 35.5. The summed E-state index contributed by atoms with van der Waals surface area (Å²) in [6.07, 6.45) is 6.68. The van der Waals surface area contributed by atoms with Crippen LogP contribution in [0, 0.1) is 0 Å².